The van der Waals surface area contributed by atoms with E-state index in [1.165, 1.54) is 31.2 Å². The molecule has 2 rings (SSSR count). The van der Waals surface area contributed by atoms with Crippen LogP contribution < -0.4 is 5.32 Å². The fourth-order valence-corrected chi connectivity index (χ4v) is 1.87. The Hall–Kier alpha value is -2.18. The molecular weight excluding hydrogens is 286 g/mol. The van der Waals surface area contributed by atoms with E-state index in [-0.39, 0.29) is 17.1 Å². The van der Waals surface area contributed by atoms with E-state index in [4.69, 9.17) is 0 Å². The van der Waals surface area contributed by atoms with Gasteiger partial charge in [0, 0.05) is 18.2 Å². The first-order valence-corrected chi connectivity index (χ1v) is 6.28. The van der Waals surface area contributed by atoms with Crippen molar-refractivity contribution in [3.8, 4) is 11.3 Å². The van der Waals surface area contributed by atoms with Crippen LogP contribution >= 0.6 is 0 Å². The van der Waals surface area contributed by atoms with Gasteiger partial charge in [0.15, 0.2) is 0 Å². The second-order valence-electron chi connectivity index (χ2n) is 4.40. The molecule has 0 saturated carbocycles. The van der Waals surface area contributed by atoms with Crippen molar-refractivity contribution in [2.75, 3.05) is 11.9 Å². The Morgan fingerprint density at radius 1 is 1.19 bits per heavy atom. The number of halogens is 4. The SMILES string of the molecule is CCNc1cc(-c2cccc(F)c2C)nc(C(F)(F)F)n1. The molecule has 2 aromatic rings. The number of rotatable bonds is 3. The van der Waals surface area contributed by atoms with Crippen LogP contribution in [0.2, 0.25) is 0 Å². The number of aromatic nitrogens is 2. The van der Waals surface area contributed by atoms with Crippen molar-refractivity contribution in [2.24, 2.45) is 0 Å². The molecule has 7 heteroatoms. The zero-order valence-corrected chi connectivity index (χ0v) is 11.4. The summed E-state index contributed by atoms with van der Waals surface area (Å²) in [7, 11) is 0. The molecule has 0 aliphatic carbocycles. The third-order valence-electron chi connectivity index (χ3n) is 2.88. The lowest BCUT2D eigenvalue weighted by Gasteiger charge is -2.12. The summed E-state index contributed by atoms with van der Waals surface area (Å²) >= 11 is 0. The molecule has 3 nitrogen and oxygen atoms in total. The zero-order valence-electron chi connectivity index (χ0n) is 11.4. The number of anilines is 1. The van der Waals surface area contributed by atoms with Gasteiger partial charge in [-0.1, -0.05) is 12.1 Å². The molecule has 0 amide bonds. The topological polar surface area (TPSA) is 37.8 Å². The summed E-state index contributed by atoms with van der Waals surface area (Å²) < 4.78 is 52.1. The normalized spacial score (nSPS) is 11.5. The Morgan fingerprint density at radius 3 is 2.52 bits per heavy atom. The minimum atomic E-state index is -4.67. The van der Waals surface area contributed by atoms with Gasteiger partial charge >= 0.3 is 6.18 Å². The van der Waals surface area contributed by atoms with Crippen LogP contribution in [0.3, 0.4) is 0 Å². The second kappa shape index (κ2) is 5.67. The quantitative estimate of drug-likeness (QED) is 0.869. The molecule has 0 bridgehead atoms. The van der Waals surface area contributed by atoms with Crippen molar-refractivity contribution in [2.45, 2.75) is 20.0 Å². The molecule has 0 spiro atoms. The zero-order chi connectivity index (χ0) is 15.6. The van der Waals surface area contributed by atoms with Gasteiger partial charge in [0.1, 0.15) is 11.6 Å². The van der Waals surface area contributed by atoms with Crippen molar-refractivity contribution in [1.29, 1.82) is 0 Å². The maximum atomic E-state index is 13.6. The fraction of sp³-hybridized carbons (Fsp3) is 0.286. The Kier molecular flexibility index (Phi) is 4.11. The summed E-state index contributed by atoms with van der Waals surface area (Å²) in [5.74, 6) is -1.69. The van der Waals surface area contributed by atoms with Crippen LogP contribution in [-0.4, -0.2) is 16.5 Å². The minimum absolute atomic E-state index is 0.0327. The first-order valence-electron chi connectivity index (χ1n) is 6.28. The first-order chi connectivity index (χ1) is 9.82. The highest BCUT2D eigenvalue weighted by atomic mass is 19.4. The standard InChI is InChI=1S/C14H13F4N3/c1-3-19-12-7-11(20-13(21-12)14(16,17)18)9-5-4-6-10(15)8(9)2/h4-7H,3H2,1-2H3,(H,19,20,21). The molecule has 0 aliphatic heterocycles. The minimum Gasteiger partial charge on any atom is -0.370 e. The number of hydrogen-bond donors (Lipinski definition) is 1. The Bertz CT molecular complexity index is 653. The molecule has 112 valence electrons. The van der Waals surface area contributed by atoms with Crippen LogP contribution in [0.15, 0.2) is 24.3 Å². The molecule has 21 heavy (non-hydrogen) atoms. The van der Waals surface area contributed by atoms with E-state index in [2.05, 4.69) is 15.3 Å². The third-order valence-corrected chi connectivity index (χ3v) is 2.88. The number of benzene rings is 1. The van der Waals surface area contributed by atoms with Gasteiger partial charge in [0.05, 0.1) is 5.69 Å². The van der Waals surface area contributed by atoms with Gasteiger partial charge in [-0.05, 0) is 25.5 Å². The Morgan fingerprint density at radius 2 is 1.90 bits per heavy atom. The average molecular weight is 299 g/mol. The summed E-state index contributed by atoms with van der Waals surface area (Å²) in [6.45, 7) is 3.64. The Balaban J connectivity index is 2.62. The van der Waals surface area contributed by atoms with Crippen molar-refractivity contribution >= 4 is 5.82 Å². The van der Waals surface area contributed by atoms with E-state index < -0.39 is 17.8 Å². The van der Waals surface area contributed by atoms with Gasteiger partial charge in [-0.15, -0.1) is 0 Å². The molecule has 0 unspecified atom stereocenters. The van der Waals surface area contributed by atoms with Gasteiger partial charge in [-0.3, -0.25) is 0 Å². The van der Waals surface area contributed by atoms with E-state index >= 15 is 0 Å². The molecule has 0 radical (unpaired) electrons. The summed E-state index contributed by atoms with van der Waals surface area (Å²) in [5, 5.41) is 2.72. The molecule has 0 atom stereocenters. The summed E-state index contributed by atoms with van der Waals surface area (Å²) in [6, 6.07) is 5.58. The lowest BCUT2D eigenvalue weighted by Crippen LogP contribution is -2.14. The summed E-state index contributed by atoms with van der Waals surface area (Å²) in [5.41, 5.74) is 0.583. The van der Waals surface area contributed by atoms with Gasteiger partial charge in [-0.2, -0.15) is 13.2 Å². The summed E-state index contributed by atoms with van der Waals surface area (Å²) in [6.07, 6.45) is -4.67. The van der Waals surface area contributed by atoms with Crippen LogP contribution in [0.1, 0.15) is 18.3 Å². The molecule has 0 aliphatic rings. The predicted octanol–water partition coefficient (Wildman–Crippen LogP) is 4.04. The maximum absolute atomic E-state index is 13.6. The van der Waals surface area contributed by atoms with E-state index in [0.29, 0.717) is 12.1 Å². The number of nitrogens with zero attached hydrogens (tertiary/aromatic N) is 2. The first kappa shape index (κ1) is 15.2. The fourth-order valence-electron chi connectivity index (χ4n) is 1.87. The molecule has 0 saturated heterocycles. The van der Waals surface area contributed by atoms with Gasteiger partial charge < -0.3 is 5.32 Å². The molecule has 1 aromatic carbocycles. The number of nitrogens with one attached hydrogen (secondary N) is 1. The largest absolute Gasteiger partial charge is 0.451 e. The summed E-state index contributed by atoms with van der Waals surface area (Å²) in [4.78, 5) is 6.95. The van der Waals surface area contributed by atoms with E-state index in [1.54, 1.807) is 6.92 Å². The second-order valence-corrected chi connectivity index (χ2v) is 4.40. The number of hydrogen-bond acceptors (Lipinski definition) is 3. The van der Waals surface area contributed by atoms with Gasteiger partial charge in [-0.25, -0.2) is 14.4 Å². The predicted molar refractivity (Wildman–Crippen MR) is 71.3 cm³/mol. The lowest BCUT2D eigenvalue weighted by molar-refractivity contribution is -0.144. The Labute approximate surface area is 119 Å². The van der Waals surface area contributed by atoms with Crippen LogP contribution in [0.5, 0.6) is 0 Å². The van der Waals surface area contributed by atoms with Crippen molar-refractivity contribution < 1.29 is 17.6 Å². The number of alkyl halides is 3. The highest BCUT2D eigenvalue weighted by Gasteiger charge is 2.35. The van der Waals surface area contributed by atoms with Crippen LogP contribution in [0, 0.1) is 12.7 Å². The smallest absolute Gasteiger partial charge is 0.370 e. The van der Waals surface area contributed by atoms with E-state index in [9.17, 15) is 17.6 Å². The third kappa shape index (κ3) is 3.29. The van der Waals surface area contributed by atoms with Crippen LogP contribution in [0.4, 0.5) is 23.4 Å². The monoisotopic (exact) mass is 299 g/mol. The maximum Gasteiger partial charge on any atom is 0.451 e. The molecule has 1 N–H and O–H groups in total. The van der Waals surface area contributed by atoms with E-state index in [1.807, 2.05) is 0 Å². The van der Waals surface area contributed by atoms with Crippen molar-refractivity contribution in [1.82, 2.24) is 9.97 Å². The van der Waals surface area contributed by atoms with Gasteiger partial charge in [0.2, 0.25) is 5.82 Å². The highest BCUT2D eigenvalue weighted by molar-refractivity contribution is 5.66. The van der Waals surface area contributed by atoms with Crippen molar-refractivity contribution in [3.63, 3.8) is 0 Å². The molecule has 1 heterocycles. The molecule has 1 aromatic heterocycles. The lowest BCUT2D eigenvalue weighted by atomic mass is 10.0. The van der Waals surface area contributed by atoms with E-state index in [0.717, 1.165) is 0 Å². The van der Waals surface area contributed by atoms with Gasteiger partial charge in [0.25, 0.3) is 0 Å². The molecule has 0 fully saturated rings. The average Bonchev–Trinajstić information content (AvgIpc) is 2.41. The molecular formula is C14H13F4N3. The van der Waals surface area contributed by atoms with Crippen LogP contribution in [-0.2, 0) is 6.18 Å². The van der Waals surface area contributed by atoms with Crippen LogP contribution in [0.25, 0.3) is 11.3 Å². The highest BCUT2D eigenvalue weighted by Crippen LogP contribution is 2.31. The van der Waals surface area contributed by atoms with Crippen molar-refractivity contribution in [3.05, 3.63) is 41.5 Å².